The van der Waals surface area contributed by atoms with Gasteiger partial charge in [0.25, 0.3) is 0 Å². The lowest BCUT2D eigenvalue weighted by molar-refractivity contribution is -0.140. The summed E-state index contributed by atoms with van der Waals surface area (Å²) in [6.45, 7) is 5.61. The van der Waals surface area contributed by atoms with Crippen molar-refractivity contribution < 1.29 is 24.2 Å². The standard InChI is InChI=1S/C22H23FO4/c1-13-8-14(2)19(6-5-17(24)11-18(25)12-22(26)27)20(9-13)16-4-7-21(23)15(3)10-16/h4-10,17,24H,11-12H2,1-3H3,(H,26,27)/b6-5+. The second-order valence-electron chi connectivity index (χ2n) is 6.75. The Morgan fingerprint density at radius 1 is 1.11 bits per heavy atom. The Bertz CT molecular complexity index is 899. The van der Waals surface area contributed by atoms with Gasteiger partial charge >= 0.3 is 5.97 Å². The van der Waals surface area contributed by atoms with Gasteiger partial charge in [0.1, 0.15) is 18.0 Å². The van der Waals surface area contributed by atoms with Gasteiger partial charge in [-0.1, -0.05) is 35.9 Å². The topological polar surface area (TPSA) is 74.6 Å². The Morgan fingerprint density at radius 3 is 2.44 bits per heavy atom. The van der Waals surface area contributed by atoms with Gasteiger partial charge in [0.2, 0.25) is 0 Å². The van der Waals surface area contributed by atoms with Crippen molar-refractivity contribution in [3.63, 3.8) is 0 Å². The van der Waals surface area contributed by atoms with Crippen LogP contribution in [-0.4, -0.2) is 28.1 Å². The van der Waals surface area contributed by atoms with Gasteiger partial charge in [-0.2, -0.15) is 0 Å². The molecule has 0 aromatic heterocycles. The molecule has 4 nitrogen and oxygen atoms in total. The monoisotopic (exact) mass is 370 g/mol. The van der Waals surface area contributed by atoms with Crippen LogP contribution in [0.25, 0.3) is 17.2 Å². The molecule has 0 aliphatic heterocycles. The predicted octanol–water partition coefficient (Wildman–Crippen LogP) is 4.23. The van der Waals surface area contributed by atoms with E-state index in [4.69, 9.17) is 5.11 Å². The fourth-order valence-electron chi connectivity index (χ4n) is 3.00. The van der Waals surface area contributed by atoms with Crippen molar-refractivity contribution in [3.8, 4) is 11.1 Å². The van der Waals surface area contributed by atoms with Crippen molar-refractivity contribution in [3.05, 3.63) is 64.5 Å². The first-order valence-corrected chi connectivity index (χ1v) is 8.65. The van der Waals surface area contributed by atoms with Gasteiger partial charge in [-0.15, -0.1) is 0 Å². The Labute approximate surface area is 158 Å². The highest BCUT2D eigenvalue weighted by molar-refractivity contribution is 5.95. The first kappa shape index (κ1) is 20.5. The van der Waals surface area contributed by atoms with E-state index in [1.165, 1.54) is 12.1 Å². The molecule has 5 heteroatoms. The number of carbonyl (C=O) groups is 2. The van der Waals surface area contributed by atoms with Gasteiger partial charge in [-0.3, -0.25) is 9.59 Å². The van der Waals surface area contributed by atoms with Gasteiger partial charge < -0.3 is 10.2 Å². The molecule has 2 rings (SSSR count). The van der Waals surface area contributed by atoms with Gasteiger partial charge in [0, 0.05) is 6.42 Å². The van der Waals surface area contributed by atoms with E-state index in [-0.39, 0.29) is 12.2 Å². The number of aliphatic hydroxyl groups is 1. The fraction of sp³-hybridized carbons (Fsp3) is 0.273. The van der Waals surface area contributed by atoms with Crippen molar-refractivity contribution in [2.75, 3.05) is 0 Å². The van der Waals surface area contributed by atoms with Gasteiger partial charge in [-0.25, -0.2) is 4.39 Å². The molecular formula is C22H23FO4. The first-order valence-electron chi connectivity index (χ1n) is 8.65. The van der Waals surface area contributed by atoms with Crippen LogP contribution in [0.4, 0.5) is 4.39 Å². The lowest BCUT2D eigenvalue weighted by Gasteiger charge is -2.13. The highest BCUT2D eigenvalue weighted by Gasteiger charge is 2.13. The zero-order chi connectivity index (χ0) is 20.1. The average molecular weight is 370 g/mol. The largest absolute Gasteiger partial charge is 0.481 e. The SMILES string of the molecule is Cc1cc(C)c(/C=C/C(O)CC(=O)CC(=O)O)c(-c2ccc(F)c(C)c2)c1. The molecule has 2 aromatic rings. The number of hydrogen-bond acceptors (Lipinski definition) is 3. The summed E-state index contributed by atoms with van der Waals surface area (Å²) >= 11 is 0. The number of aliphatic hydroxyl groups excluding tert-OH is 1. The van der Waals surface area contributed by atoms with E-state index < -0.39 is 24.3 Å². The Kier molecular flexibility index (Phi) is 6.64. The summed E-state index contributed by atoms with van der Waals surface area (Å²) in [4.78, 5) is 22.1. The number of hydrogen-bond donors (Lipinski definition) is 2. The first-order chi connectivity index (χ1) is 12.7. The van der Waals surface area contributed by atoms with E-state index in [0.717, 1.165) is 27.8 Å². The Balaban J connectivity index is 2.34. The molecule has 2 N–H and O–H groups in total. The molecule has 1 atom stereocenters. The Morgan fingerprint density at radius 2 is 1.81 bits per heavy atom. The van der Waals surface area contributed by atoms with Crippen LogP contribution < -0.4 is 0 Å². The molecule has 0 radical (unpaired) electrons. The van der Waals surface area contributed by atoms with Gasteiger partial charge in [0.15, 0.2) is 0 Å². The zero-order valence-electron chi connectivity index (χ0n) is 15.6. The minimum absolute atomic E-state index is 0.251. The molecule has 0 aliphatic carbocycles. The third kappa shape index (κ3) is 5.59. The lowest BCUT2D eigenvalue weighted by Crippen LogP contribution is -2.14. The summed E-state index contributed by atoms with van der Waals surface area (Å²) in [5.41, 5.74) is 5.19. The van der Waals surface area contributed by atoms with Crippen LogP contribution in [0.5, 0.6) is 0 Å². The molecule has 0 amide bonds. The number of Topliss-reactive ketones (excluding diaryl/α,β-unsaturated/α-hetero) is 1. The van der Waals surface area contributed by atoms with Crippen LogP contribution in [-0.2, 0) is 9.59 Å². The predicted molar refractivity (Wildman–Crippen MR) is 103 cm³/mol. The van der Waals surface area contributed by atoms with E-state index in [2.05, 4.69) is 0 Å². The summed E-state index contributed by atoms with van der Waals surface area (Å²) in [7, 11) is 0. The number of halogens is 1. The van der Waals surface area contributed by atoms with Crippen LogP contribution >= 0.6 is 0 Å². The molecule has 27 heavy (non-hydrogen) atoms. The fourth-order valence-corrected chi connectivity index (χ4v) is 3.00. The third-order valence-corrected chi connectivity index (χ3v) is 4.27. The lowest BCUT2D eigenvalue weighted by atomic mass is 9.92. The number of carbonyl (C=O) groups excluding carboxylic acids is 1. The molecule has 0 heterocycles. The van der Waals surface area contributed by atoms with Crippen molar-refractivity contribution in [1.82, 2.24) is 0 Å². The van der Waals surface area contributed by atoms with Gasteiger partial charge in [-0.05, 0) is 60.7 Å². The molecule has 0 bridgehead atoms. The summed E-state index contributed by atoms with van der Waals surface area (Å²) in [6, 6.07) is 8.90. The van der Waals surface area contributed by atoms with Crippen LogP contribution in [0.1, 0.15) is 35.1 Å². The maximum Gasteiger partial charge on any atom is 0.310 e. The summed E-state index contributed by atoms with van der Waals surface area (Å²) in [5, 5.41) is 18.7. The molecule has 2 aromatic carbocycles. The second-order valence-corrected chi connectivity index (χ2v) is 6.75. The van der Waals surface area contributed by atoms with Crippen LogP contribution in [0, 0.1) is 26.6 Å². The maximum absolute atomic E-state index is 13.6. The van der Waals surface area contributed by atoms with Crippen molar-refractivity contribution in [2.24, 2.45) is 0 Å². The maximum atomic E-state index is 13.6. The third-order valence-electron chi connectivity index (χ3n) is 4.27. The van der Waals surface area contributed by atoms with Crippen LogP contribution in [0.3, 0.4) is 0 Å². The zero-order valence-corrected chi connectivity index (χ0v) is 15.6. The van der Waals surface area contributed by atoms with E-state index in [1.807, 2.05) is 26.0 Å². The van der Waals surface area contributed by atoms with Crippen molar-refractivity contribution in [2.45, 2.75) is 39.7 Å². The number of benzene rings is 2. The number of rotatable bonds is 7. The van der Waals surface area contributed by atoms with E-state index >= 15 is 0 Å². The molecule has 0 aliphatic rings. The highest BCUT2D eigenvalue weighted by atomic mass is 19.1. The number of carboxylic acids is 1. The molecule has 0 saturated carbocycles. The minimum Gasteiger partial charge on any atom is -0.481 e. The normalized spacial score (nSPS) is 12.3. The Hall–Kier alpha value is -2.79. The van der Waals surface area contributed by atoms with Gasteiger partial charge in [0.05, 0.1) is 6.10 Å². The molecular weight excluding hydrogens is 347 g/mol. The number of carboxylic acid groups (broad SMARTS) is 1. The number of ketones is 1. The summed E-state index contributed by atoms with van der Waals surface area (Å²) in [5.74, 6) is -2.01. The van der Waals surface area contributed by atoms with E-state index in [9.17, 15) is 19.1 Å². The molecule has 0 fully saturated rings. The minimum atomic E-state index is -1.21. The molecule has 1 unspecified atom stereocenters. The van der Waals surface area contributed by atoms with Crippen molar-refractivity contribution >= 4 is 17.8 Å². The molecule has 0 saturated heterocycles. The molecule has 0 spiro atoms. The van der Waals surface area contributed by atoms with Crippen LogP contribution in [0.15, 0.2) is 36.4 Å². The quantitative estimate of drug-likeness (QED) is 0.716. The summed E-state index contributed by atoms with van der Waals surface area (Å²) in [6.07, 6.45) is 1.28. The average Bonchev–Trinajstić information content (AvgIpc) is 2.55. The highest BCUT2D eigenvalue weighted by Crippen LogP contribution is 2.30. The smallest absolute Gasteiger partial charge is 0.310 e. The second kappa shape index (κ2) is 8.73. The number of aryl methyl sites for hydroxylation is 3. The number of aliphatic carboxylic acids is 1. The summed E-state index contributed by atoms with van der Waals surface area (Å²) < 4.78 is 13.6. The van der Waals surface area contributed by atoms with E-state index in [0.29, 0.717) is 5.56 Å². The molecule has 142 valence electrons. The van der Waals surface area contributed by atoms with E-state index in [1.54, 1.807) is 25.1 Å². The van der Waals surface area contributed by atoms with Crippen LogP contribution in [0.2, 0.25) is 0 Å². The van der Waals surface area contributed by atoms with Crippen molar-refractivity contribution in [1.29, 1.82) is 0 Å².